The first-order valence-electron chi connectivity index (χ1n) is 6.47. The maximum Gasteiger partial charge on any atom is 0.0618 e. The summed E-state index contributed by atoms with van der Waals surface area (Å²) in [4.78, 5) is 0. The fourth-order valence-corrected chi connectivity index (χ4v) is 3.26. The van der Waals surface area contributed by atoms with Crippen molar-refractivity contribution in [1.82, 2.24) is 5.32 Å². The third kappa shape index (κ3) is 5.01. The van der Waals surface area contributed by atoms with E-state index in [9.17, 15) is 5.11 Å². The van der Waals surface area contributed by atoms with Crippen LogP contribution in [0, 0.1) is 6.92 Å². The van der Waals surface area contributed by atoms with Crippen molar-refractivity contribution in [2.24, 2.45) is 0 Å². The third-order valence-electron chi connectivity index (χ3n) is 2.93. The van der Waals surface area contributed by atoms with E-state index in [1.54, 1.807) is 0 Å². The van der Waals surface area contributed by atoms with E-state index in [4.69, 9.17) is 0 Å². The Morgan fingerprint density at radius 1 is 1.33 bits per heavy atom. The molecule has 0 saturated heterocycles. The van der Waals surface area contributed by atoms with Crippen LogP contribution < -0.4 is 5.32 Å². The van der Waals surface area contributed by atoms with Gasteiger partial charge in [-0.2, -0.15) is 11.8 Å². The number of nitrogens with one attached hydrogen (secondary N) is 1. The van der Waals surface area contributed by atoms with Crippen LogP contribution in [0.1, 0.15) is 31.9 Å². The zero-order valence-corrected chi connectivity index (χ0v) is 12.7. The summed E-state index contributed by atoms with van der Waals surface area (Å²) in [7, 11) is 0. The first-order valence-corrected chi connectivity index (χ1v) is 7.63. The standard InChI is InChI=1S/C15H25NOS/c1-12(2)16-15(4,10-17)11-18-9-14-8-6-5-7-13(14)3/h5-8,12,16-17H,9-11H2,1-4H3. The molecule has 1 aromatic rings. The Hall–Kier alpha value is -0.510. The molecule has 0 aromatic heterocycles. The minimum Gasteiger partial charge on any atom is -0.394 e. The molecule has 1 aromatic carbocycles. The van der Waals surface area contributed by atoms with Crippen LogP contribution in [-0.4, -0.2) is 29.0 Å². The molecule has 2 N–H and O–H groups in total. The van der Waals surface area contributed by atoms with Gasteiger partial charge in [0.1, 0.15) is 0 Å². The zero-order valence-electron chi connectivity index (χ0n) is 11.9. The highest BCUT2D eigenvalue weighted by Crippen LogP contribution is 2.20. The van der Waals surface area contributed by atoms with E-state index in [1.807, 2.05) is 11.8 Å². The lowest BCUT2D eigenvalue weighted by molar-refractivity contribution is 0.183. The average molecular weight is 267 g/mol. The predicted molar refractivity (Wildman–Crippen MR) is 81.1 cm³/mol. The van der Waals surface area contributed by atoms with Gasteiger partial charge in [-0.25, -0.2) is 0 Å². The number of thioether (sulfide) groups is 1. The summed E-state index contributed by atoms with van der Waals surface area (Å²) in [5.41, 5.74) is 2.53. The van der Waals surface area contributed by atoms with E-state index in [2.05, 4.69) is 57.3 Å². The van der Waals surface area contributed by atoms with Crippen LogP contribution in [0.5, 0.6) is 0 Å². The van der Waals surface area contributed by atoms with E-state index in [-0.39, 0.29) is 12.1 Å². The molecule has 0 bridgehead atoms. The van der Waals surface area contributed by atoms with Gasteiger partial charge in [-0.05, 0) is 25.0 Å². The van der Waals surface area contributed by atoms with E-state index in [0.717, 1.165) is 11.5 Å². The highest BCUT2D eigenvalue weighted by Gasteiger charge is 2.23. The quantitative estimate of drug-likeness (QED) is 0.796. The largest absolute Gasteiger partial charge is 0.394 e. The van der Waals surface area contributed by atoms with Crippen LogP contribution >= 0.6 is 11.8 Å². The number of aliphatic hydroxyl groups is 1. The molecule has 0 aliphatic carbocycles. The lowest BCUT2D eigenvalue weighted by atomic mass is 10.1. The van der Waals surface area contributed by atoms with Crippen LogP contribution in [0.3, 0.4) is 0 Å². The van der Waals surface area contributed by atoms with Crippen LogP contribution in [0.15, 0.2) is 24.3 Å². The van der Waals surface area contributed by atoms with Crippen molar-refractivity contribution in [2.45, 2.75) is 45.0 Å². The second kappa shape index (κ2) is 7.17. The highest BCUT2D eigenvalue weighted by molar-refractivity contribution is 7.98. The second-order valence-corrected chi connectivity index (χ2v) is 6.42. The van der Waals surface area contributed by atoms with Crippen molar-refractivity contribution in [3.63, 3.8) is 0 Å². The molecule has 0 amide bonds. The van der Waals surface area contributed by atoms with Gasteiger partial charge >= 0.3 is 0 Å². The highest BCUT2D eigenvalue weighted by atomic mass is 32.2. The van der Waals surface area contributed by atoms with E-state index < -0.39 is 0 Å². The van der Waals surface area contributed by atoms with Gasteiger partial charge in [0.2, 0.25) is 0 Å². The number of hydrogen-bond donors (Lipinski definition) is 2. The fraction of sp³-hybridized carbons (Fsp3) is 0.600. The van der Waals surface area contributed by atoms with Gasteiger partial charge in [0, 0.05) is 23.1 Å². The van der Waals surface area contributed by atoms with Gasteiger partial charge in [-0.3, -0.25) is 0 Å². The summed E-state index contributed by atoms with van der Waals surface area (Å²) in [6.45, 7) is 8.62. The molecule has 1 atom stereocenters. The Morgan fingerprint density at radius 3 is 2.56 bits per heavy atom. The maximum absolute atomic E-state index is 9.51. The number of hydrogen-bond acceptors (Lipinski definition) is 3. The van der Waals surface area contributed by atoms with Crippen molar-refractivity contribution in [1.29, 1.82) is 0 Å². The SMILES string of the molecule is Cc1ccccc1CSCC(C)(CO)NC(C)C. The molecule has 102 valence electrons. The number of aliphatic hydroxyl groups excluding tert-OH is 1. The molecular formula is C15H25NOS. The molecule has 0 fully saturated rings. The molecule has 2 nitrogen and oxygen atoms in total. The topological polar surface area (TPSA) is 32.3 Å². The first kappa shape index (κ1) is 15.5. The van der Waals surface area contributed by atoms with Gasteiger partial charge in [-0.1, -0.05) is 38.1 Å². The van der Waals surface area contributed by atoms with Gasteiger partial charge < -0.3 is 10.4 Å². The Labute approximate surface area is 115 Å². The minimum absolute atomic E-state index is 0.173. The van der Waals surface area contributed by atoms with Crippen molar-refractivity contribution in [3.05, 3.63) is 35.4 Å². The summed E-state index contributed by atoms with van der Waals surface area (Å²) >= 11 is 1.87. The zero-order chi connectivity index (χ0) is 13.6. The molecule has 18 heavy (non-hydrogen) atoms. The van der Waals surface area contributed by atoms with Crippen LogP contribution in [0.2, 0.25) is 0 Å². The lowest BCUT2D eigenvalue weighted by Crippen LogP contribution is -2.51. The molecule has 0 aliphatic heterocycles. The van der Waals surface area contributed by atoms with E-state index in [1.165, 1.54) is 11.1 Å². The van der Waals surface area contributed by atoms with Crippen molar-refractivity contribution in [2.75, 3.05) is 12.4 Å². The summed E-state index contributed by atoms with van der Waals surface area (Å²) < 4.78 is 0. The van der Waals surface area contributed by atoms with Crippen molar-refractivity contribution < 1.29 is 5.11 Å². The molecule has 1 unspecified atom stereocenters. The van der Waals surface area contributed by atoms with E-state index >= 15 is 0 Å². The Balaban J connectivity index is 2.47. The Morgan fingerprint density at radius 2 is 2.00 bits per heavy atom. The molecular weight excluding hydrogens is 242 g/mol. The van der Waals surface area contributed by atoms with Crippen molar-refractivity contribution >= 4 is 11.8 Å². The van der Waals surface area contributed by atoms with Gasteiger partial charge in [0.25, 0.3) is 0 Å². The van der Waals surface area contributed by atoms with Crippen LogP contribution in [0.4, 0.5) is 0 Å². The smallest absolute Gasteiger partial charge is 0.0618 e. The monoisotopic (exact) mass is 267 g/mol. The maximum atomic E-state index is 9.51. The van der Waals surface area contributed by atoms with Crippen molar-refractivity contribution in [3.8, 4) is 0 Å². The predicted octanol–water partition coefficient (Wildman–Crippen LogP) is 2.98. The molecule has 0 aliphatic rings. The first-order chi connectivity index (χ1) is 8.47. The van der Waals surface area contributed by atoms with Gasteiger partial charge in [-0.15, -0.1) is 0 Å². The Bertz CT molecular complexity index is 367. The molecule has 0 saturated carbocycles. The van der Waals surface area contributed by atoms with Crippen LogP contribution in [0.25, 0.3) is 0 Å². The lowest BCUT2D eigenvalue weighted by Gasteiger charge is -2.30. The molecule has 3 heteroatoms. The molecule has 0 heterocycles. The number of rotatable bonds is 7. The normalized spacial score (nSPS) is 14.8. The van der Waals surface area contributed by atoms with Crippen LogP contribution in [-0.2, 0) is 5.75 Å². The van der Waals surface area contributed by atoms with Gasteiger partial charge in [0.15, 0.2) is 0 Å². The second-order valence-electron chi connectivity index (χ2n) is 5.44. The van der Waals surface area contributed by atoms with E-state index in [0.29, 0.717) is 6.04 Å². The van der Waals surface area contributed by atoms with Gasteiger partial charge in [0.05, 0.1) is 6.61 Å². The summed E-state index contributed by atoms with van der Waals surface area (Å²) in [5.74, 6) is 1.91. The third-order valence-corrected chi connectivity index (χ3v) is 4.28. The molecule has 0 spiro atoms. The summed E-state index contributed by atoms with van der Waals surface area (Å²) in [5, 5.41) is 12.9. The fourth-order valence-electron chi connectivity index (χ4n) is 1.99. The minimum atomic E-state index is -0.193. The summed E-state index contributed by atoms with van der Waals surface area (Å²) in [6, 6.07) is 8.87. The molecule has 1 rings (SSSR count). The molecule has 0 radical (unpaired) electrons. The number of aryl methyl sites for hydroxylation is 1. The summed E-state index contributed by atoms with van der Waals surface area (Å²) in [6.07, 6.45) is 0. The number of benzene rings is 1. The Kier molecular flexibility index (Phi) is 6.19. The average Bonchev–Trinajstić information content (AvgIpc) is 2.31.